The number of halogens is 3. The van der Waals surface area contributed by atoms with E-state index in [1.54, 1.807) is 0 Å². The molecule has 19 heavy (non-hydrogen) atoms. The molecule has 0 amide bonds. The van der Waals surface area contributed by atoms with Crippen LogP contribution >= 0.6 is 0 Å². The summed E-state index contributed by atoms with van der Waals surface area (Å²) >= 11 is 0. The van der Waals surface area contributed by atoms with Gasteiger partial charge in [-0.3, -0.25) is 0 Å². The van der Waals surface area contributed by atoms with E-state index in [-0.39, 0.29) is 12.2 Å². The van der Waals surface area contributed by atoms with Crippen molar-refractivity contribution in [2.24, 2.45) is 0 Å². The maximum atomic E-state index is 13.4. The zero-order chi connectivity index (χ0) is 14.5. The number of nitrogens with zero attached hydrogens (tertiary/aromatic N) is 1. The summed E-state index contributed by atoms with van der Waals surface area (Å²) in [4.78, 5) is 0. The highest BCUT2D eigenvalue weighted by Crippen LogP contribution is 2.20. The summed E-state index contributed by atoms with van der Waals surface area (Å²) in [5.41, 5.74) is 0.0137. The van der Waals surface area contributed by atoms with Gasteiger partial charge < -0.3 is 4.43 Å². The van der Waals surface area contributed by atoms with E-state index in [1.807, 2.05) is 13.1 Å². The van der Waals surface area contributed by atoms with Crippen LogP contribution in [0.3, 0.4) is 0 Å². The number of hydrogen-bond donors (Lipinski definition) is 0. The molecule has 6 heteroatoms. The zero-order valence-corrected chi connectivity index (χ0v) is 12.0. The molecule has 2 nitrogen and oxygen atoms in total. The van der Waals surface area contributed by atoms with Gasteiger partial charge in [0.1, 0.15) is 5.82 Å². The van der Waals surface area contributed by atoms with Gasteiger partial charge in [-0.2, -0.15) is 5.26 Å². The summed E-state index contributed by atoms with van der Waals surface area (Å²) in [5, 5.41) is 8.46. The summed E-state index contributed by atoms with van der Waals surface area (Å²) in [7, 11) is -2.01. The van der Waals surface area contributed by atoms with E-state index in [2.05, 4.69) is 6.07 Å². The van der Waals surface area contributed by atoms with E-state index in [4.69, 9.17) is 9.69 Å². The van der Waals surface area contributed by atoms with Crippen LogP contribution in [0.5, 0.6) is 0 Å². The van der Waals surface area contributed by atoms with Gasteiger partial charge in [-0.25, -0.2) is 13.2 Å². The van der Waals surface area contributed by atoms with Crippen molar-refractivity contribution in [3.63, 3.8) is 0 Å². The van der Waals surface area contributed by atoms with E-state index in [9.17, 15) is 13.2 Å². The molecular weight excluding hydrogens is 271 g/mol. The minimum absolute atomic E-state index is 0.0137. The molecule has 0 atom stereocenters. The Morgan fingerprint density at radius 1 is 1.16 bits per heavy atom. The first-order chi connectivity index (χ1) is 8.85. The monoisotopic (exact) mass is 287 g/mol. The molecule has 0 bridgehead atoms. The molecule has 0 aromatic heterocycles. The maximum Gasteiger partial charge on any atom is 0.187 e. The van der Waals surface area contributed by atoms with Gasteiger partial charge in [-0.15, -0.1) is 0 Å². The third-order valence-electron chi connectivity index (χ3n) is 2.78. The average Bonchev–Trinajstić information content (AvgIpc) is 2.32. The Morgan fingerprint density at radius 2 is 1.79 bits per heavy atom. The smallest absolute Gasteiger partial charge is 0.187 e. The SMILES string of the molecule is C[Si](C)(CCCC#N)OCc1cc(F)c(F)cc1F. The summed E-state index contributed by atoms with van der Waals surface area (Å²) in [6.07, 6.45) is 1.19. The highest BCUT2D eigenvalue weighted by Gasteiger charge is 2.22. The van der Waals surface area contributed by atoms with Gasteiger partial charge in [0, 0.05) is 18.1 Å². The largest absolute Gasteiger partial charge is 0.413 e. The quantitative estimate of drug-likeness (QED) is 0.448. The molecule has 0 N–H and O–H groups in total. The van der Waals surface area contributed by atoms with Gasteiger partial charge >= 0.3 is 0 Å². The molecule has 0 aliphatic carbocycles. The van der Waals surface area contributed by atoms with E-state index < -0.39 is 25.8 Å². The summed E-state index contributed by atoms with van der Waals surface area (Å²) in [6.45, 7) is 3.82. The van der Waals surface area contributed by atoms with E-state index in [0.29, 0.717) is 12.5 Å². The molecule has 0 saturated carbocycles. The fourth-order valence-corrected chi connectivity index (χ4v) is 3.33. The highest BCUT2D eigenvalue weighted by atomic mass is 28.4. The van der Waals surface area contributed by atoms with Gasteiger partial charge in [0.2, 0.25) is 0 Å². The lowest BCUT2D eigenvalue weighted by Gasteiger charge is -2.22. The topological polar surface area (TPSA) is 33.0 Å². The Bertz CT molecular complexity index is 486. The predicted molar refractivity (Wildman–Crippen MR) is 68.2 cm³/mol. The molecule has 0 unspecified atom stereocenters. The zero-order valence-electron chi connectivity index (χ0n) is 11.0. The Balaban J connectivity index is 2.61. The first-order valence-corrected chi connectivity index (χ1v) is 9.11. The predicted octanol–water partition coefficient (Wildman–Crippen LogP) is 4.13. The minimum Gasteiger partial charge on any atom is -0.413 e. The Kier molecular flexibility index (Phi) is 5.57. The van der Waals surface area contributed by atoms with Crippen LogP contribution in [0.25, 0.3) is 0 Å². The highest BCUT2D eigenvalue weighted by molar-refractivity contribution is 6.71. The van der Waals surface area contributed by atoms with Gasteiger partial charge in [0.25, 0.3) is 0 Å². The molecule has 0 heterocycles. The normalized spacial score (nSPS) is 11.4. The fraction of sp³-hybridized carbons (Fsp3) is 0.462. The first kappa shape index (κ1) is 15.7. The van der Waals surface area contributed by atoms with Crippen LogP contribution in [0, 0.1) is 28.8 Å². The number of benzene rings is 1. The second-order valence-electron chi connectivity index (χ2n) is 4.92. The Labute approximate surface area is 111 Å². The van der Waals surface area contributed by atoms with Crippen LogP contribution in [0.4, 0.5) is 13.2 Å². The molecule has 1 aromatic rings. The number of nitriles is 1. The van der Waals surface area contributed by atoms with E-state index in [1.165, 1.54) is 0 Å². The molecule has 0 aliphatic rings. The Morgan fingerprint density at radius 3 is 2.42 bits per heavy atom. The molecule has 0 spiro atoms. The van der Waals surface area contributed by atoms with Crippen molar-refractivity contribution in [1.82, 2.24) is 0 Å². The van der Waals surface area contributed by atoms with Crippen LogP contribution in [0.1, 0.15) is 18.4 Å². The fourth-order valence-electron chi connectivity index (χ4n) is 1.61. The van der Waals surface area contributed by atoms with Gasteiger partial charge in [-0.1, -0.05) is 0 Å². The van der Waals surface area contributed by atoms with Crippen molar-refractivity contribution >= 4 is 8.32 Å². The van der Waals surface area contributed by atoms with E-state index >= 15 is 0 Å². The van der Waals surface area contributed by atoms with Crippen molar-refractivity contribution in [2.75, 3.05) is 0 Å². The van der Waals surface area contributed by atoms with Crippen molar-refractivity contribution in [3.05, 3.63) is 35.1 Å². The standard InChI is InChI=1S/C13H16F3NOSi/c1-19(2,6-4-3-5-17)18-9-10-7-12(15)13(16)8-11(10)14/h7-8H,3-4,6,9H2,1-2H3. The third kappa shape index (κ3) is 5.05. The maximum absolute atomic E-state index is 13.4. The number of hydrogen-bond acceptors (Lipinski definition) is 2. The third-order valence-corrected chi connectivity index (χ3v) is 5.26. The molecule has 0 radical (unpaired) electrons. The van der Waals surface area contributed by atoms with Crippen LogP contribution < -0.4 is 0 Å². The lowest BCUT2D eigenvalue weighted by atomic mass is 10.2. The molecule has 104 valence electrons. The molecule has 0 saturated heterocycles. The Hall–Kier alpha value is -1.32. The molecule has 1 rings (SSSR count). The second-order valence-corrected chi connectivity index (χ2v) is 9.23. The first-order valence-electron chi connectivity index (χ1n) is 6.00. The minimum atomic E-state index is -2.01. The van der Waals surface area contributed by atoms with Crippen LogP contribution in [-0.4, -0.2) is 8.32 Å². The average molecular weight is 287 g/mol. The lowest BCUT2D eigenvalue weighted by molar-refractivity contribution is 0.286. The molecular formula is C13H16F3NOSi. The van der Waals surface area contributed by atoms with Gasteiger partial charge in [0.15, 0.2) is 20.0 Å². The summed E-state index contributed by atoms with van der Waals surface area (Å²) < 4.78 is 44.8. The van der Waals surface area contributed by atoms with Gasteiger partial charge in [-0.05, 0) is 31.6 Å². The summed E-state index contributed by atoms with van der Waals surface area (Å²) in [5.74, 6) is -3.09. The van der Waals surface area contributed by atoms with Crippen molar-refractivity contribution in [2.45, 2.75) is 38.6 Å². The number of rotatable bonds is 6. The summed E-state index contributed by atoms with van der Waals surface area (Å²) in [6, 6.07) is 4.17. The van der Waals surface area contributed by atoms with Crippen molar-refractivity contribution < 1.29 is 17.6 Å². The lowest BCUT2D eigenvalue weighted by Crippen LogP contribution is -2.30. The van der Waals surface area contributed by atoms with Crippen molar-refractivity contribution in [3.8, 4) is 6.07 Å². The van der Waals surface area contributed by atoms with Crippen LogP contribution in [0.15, 0.2) is 12.1 Å². The molecule has 1 aromatic carbocycles. The molecule has 0 aliphatic heterocycles. The van der Waals surface area contributed by atoms with Crippen LogP contribution in [-0.2, 0) is 11.0 Å². The van der Waals surface area contributed by atoms with Crippen molar-refractivity contribution in [1.29, 1.82) is 5.26 Å². The second kappa shape index (κ2) is 6.73. The van der Waals surface area contributed by atoms with Crippen LogP contribution in [0.2, 0.25) is 19.1 Å². The van der Waals surface area contributed by atoms with E-state index in [0.717, 1.165) is 18.5 Å². The molecule has 0 fully saturated rings. The number of unbranched alkanes of at least 4 members (excludes halogenated alkanes) is 1. The van der Waals surface area contributed by atoms with Gasteiger partial charge in [0.05, 0.1) is 12.7 Å².